The Bertz CT molecular complexity index is 1430. The predicted molar refractivity (Wildman–Crippen MR) is 130 cm³/mol. The van der Waals surface area contributed by atoms with E-state index in [1.165, 1.54) is 0 Å². The predicted octanol–water partition coefficient (Wildman–Crippen LogP) is 6.10. The van der Waals surface area contributed by atoms with Gasteiger partial charge in [-0.25, -0.2) is 4.68 Å². The first-order valence-electron chi connectivity index (χ1n) is 10.5. The summed E-state index contributed by atoms with van der Waals surface area (Å²) >= 11 is 0. The molecule has 1 N–H and O–H groups in total. The number of carbonyl (C=O) groups excluding carboxylic acids is 1. The minimum atomic E-state index is -0.169. The van der Waals surface area contributed by atoms with E-state index in [4.69, 9.17) is 4.74 Å². The van der Waals surface area contributed by atoms with Crippen LogP contribution in [0, 0.1) is 0 Å². The summed E-state index contributed by atoms with van der Waals surface area (Å²) < 4.78 is 7.86. The van der Waals surface area contributed by atoms with Gasteiger partial charge in [-0.1, -0.05) is 30.3 Å². The van der Waals surface area contributed by atoms with Crippen LogP contribution in [0.25, 0.3) is 23.2 Å². The molecule has 0 saturated heterocycles. The van der Waals surface area contributed by atoms with Crippen LogP contribution >= 0.6 is 0 Å². The highest BCUT2D eigenvalue weighted by Crippen LogP contribution is 2.27. The number of rotatable bonds is 6. The van der Waals surface area contributed by atoms with Gasteiger partial charge >= 0.3 is 0 Å². The maximum atomic E-state index is 12.4. The fourth-order valence-electron chi connectivity index (χ4n) is 3.39. The van der Waals surface area contributed by atoms with Gasteiger partial charge in [0.2, 0.25) is 0 Å². The Morgan fingerprint density at radius 2 is 1.73 bits per heavy atom. The molecule has 160 valence electrons. The highest BCUT2D eigenvalue weighted by atomic mass is 16.5. The zero-order valence-corrected chi connectivity index (χ0v) is 17.6. The van der Waals surface area contributed by atoms with E-state index in [9.17, 15) is 4.79 Å². The molecule has 0 radical (unpaired) electrons. The number of carbonyl (C=O) groups is 1. The number of ether oxygens (including phenoxy) is 1. The van der Waals surface area contributed by atoms with Gasteiger partial charge < -0.3 is 10.1 Å². The maximum absolute atomic E-state index is 12.4. The van der Waals surface area contributed by atoms with Gasteiger partial charge in [0.1, 0.15) is 11.5 Å². The molecule has 6 nitrogen and oxygen atoms in total. The van der Waals surface area contributed by atoms with Gasteiger partial charge in [0, 0.05) is 41.2 Å². The molecule has 0 fully saturated rings. The van der Waals surface area contributed by atoms with Crippen molar-refractivity contribution in [1.29, 1.82) is 0 Å². The maximum Gasteiger partial charge on any atom is 0.255 e. The summed E-state index contributed by atoms with van der Waals surface area (Å²) in [6.45, 7) is 0. The van der Waals surface area contributed by atoms with Crippen molar-refractivity contribution < 1.29 is 9.53 Å². The topological polar surface area (TPSA) is 69.0 Å². The lowest BCUT2D eigenvalue weighted by Gasteiger charge is -2.09. The first-order valence-corrected chi connectivity index (χ1v) is 10.5. The summed E-state index contributed by atoms with van der Waals surface area (Å²) in [6, 6.07) is 27.9. The Morgan fingerprint density at radius 3 is 2.58 bits per heavy atom. The molecule has 2 aromatic heterocycles. The highest BCUT2D eigenvalue weighted by molar-refractivity contribution is 6.04. The summed E-state index contributed by atoms with van der Waals surface area (Å²) in [4.78, 5) is 16.7. The molecule has 0 saturated carbocycles. The van der Waals surface area contributed by atoms with E-state index in [0.29, 0.717) is 22.7 Å². The number of nitrogens with zero attached hydrogens (tertiary/aromatic N) is 3. The first kappa shape index (κ1) is 20.2. The van der Waals surface area contributed by atoms with Crippen molar-refractivity contribution in [2.24, 2.45) is 0 Å². The molecule has 5 rings (SSSR count). The summed E-state index contributed by atoms with van der Waals surface area (Å²) in [5.41, 5.74) is 3.02. The molecular weight excluding hydrogens is 412 g/mol. The zero-order chi connectivity index (χ0) is 22.5. The van der Waals surface area contributed by atoms with Crippen molar-refractivity contribution in [3.8, 4) is 11.5 Å². The third-order valence-corrected chi connectivity index (χ3v) is 5.01. The van der Waals surface area contributed by atoms with E-state index in [1.54, 1.807) is 29.1 Å². The van der Waals surface area contributed by atoms with Crippen LogP contribution in [-0.4, -0.2) is 20.7 Å². The van der Waals surface area contributed by atoms with Gasteiger partial charge in [-0.05, 0) is 54.6 Å². The molecule has 0 atom stereocenters. The fraction of sp³-hybridized carbons (Fsp3) is 0. The highest BCUT2D eigenvalue weighted by Gasteiger charge is 2.08. The number of anilines is 1. The van der Waals surface area contributed by atoms with Gasteiger partial charge in [0.15, 0.2) is 0 Å². The summed E-state index contributed by atoms with van der Waals surface area (Å²) in [6.07, 6.45) is 7.33. The van der Waals surface area contributed by atoms with Crippen LogP contribution in [0.3, 0.4) is 0 Å². The van der Waals surface area contributed by atoms with Gasteiger partial charge in [0.25, 0.3) is 5.91 Å². The lowest BCUT2D eigenvalue weighted by atomic mass is 10.2. The molecule has 0 aliphatic carbocycles. The van der Waals surface area contributed by atoms with Crippen LogP contribution in [0.1, 0.15) is 16.1 Å². The molecule has 3 aromatic carbocycles. The van der Waals surface area contributed by atoms with E-state index in [0.717, 1.165) is 16.6 Å². The van der Waals surface area contributed by atoms with E-state index < -0.39 is 0 Å². The van der Waals surface area contributed by atoms with Crippen LogP contribution in [-0.2, 0) is 0 Å². The minimum absolute atomic E-state index is 0.169. The van der Waals surface area contributed by atoms with Gasteiger partial charge in [-0.3, -0.25) is 9.78 Å². The lowest BCUT2D eigenvalue weighted by molar-refractivity contribution is 0.102. The van der Waals surface area contributed by atoms with Crippen molar-refractivity contribution in [3.05, 3.63) is 115 Å². The lowest BCUT2D eigenvalue weighted by Crippen LogP contribution is -2.11. The van der Waals surface area contributed by atoms with E-state index in [-0.39, 0.29) is 5.91 Å². The Morgan fingerprint density at radius 1 is 0.879 bits per heavy atom. The van der Waals surface area contributed by atoms with E-state index >= 15 is 0 Å². The van der Waals surface area contributed by atoms with E-state index in [1.807, 2.05) is 91.3 Å². The van der Waals surface area contributed by atoms with E-state index in [2.05, 4.69) is 15.4 Å². The fourth-order valence-corrected chi connectivity index (χ4v) is 3.39. The number of aromatic nitrogens is 3. The number of benzene rings is 3. The normalized spacial score (nSPS) is 11.0. The number of nitrogens with one attached hydrogen (secondary N) is 1. The van der Waals surface area contributed by atoms with Gasteiger partial charge in [0.05, 0.1) is 17.4 Å². The molecule has 0 spiro atoms. The molecule has 0 unspecified atom stereocenters. The van der Waals surface area contributed by atoms with Crippen molar-refractivity contribution >= 4 is 34.8 Å². The number of hydrogen-bond donors (Lipinski definition) is 1. The van der Waals surface area contributed by atoms with Crippen molar-refractivity contribution in [2.45, 2.75) is 0 Å². The molecule has 1 amide bonds. The second-order valence-electron chi connectivity index (χ2n) is 7.33. The van der Waals surface area contributed by atoms with Crippen molar-refractivity contribution in [2.75, 3.05) is 5.32 Å². The average Bonchev–Trinajstić information content (AvgIpc) is 3.26. The minimum Gasteiger partial charge on any atom is -0.457 e. The summed E-state index contributed by atoms with van der Waals surface area (Å²) in [5, 5.41) is 8.33. The Hall–Kier alpha value is -4.71. The average molecular weight is 432 g/mol. The quantitative estimate of drug-likeness (QED) is 0.352. The number of pyridine rings is 1. The standard InChI is InChI=1S/C27H20N4O2/c32-27(20-7-2-1-3-8-20)30-23-10-6-11-24(17-23)33-25-13-12-21-19-29-31(26(21)18-25)16-14-22-9-4-5-15-28-22/h1-19H,(H,30,32). The zero-order valence-electron chi connectivity index (χ0n) is 17.6. The van der Waals surface area contributed by atoms with Gasteiger partial charge in [-0.15, -0.1) is 0 Å². The van der Waals surface area contributed by atoms with Crippen molar-refractivity contribution in [3.63, 3.8) is 0 Å². The molecule has 0 aliphatic rings. The van der Waals surface area contributed by atoms with Crippen LogP contribution in [0.2, 0.25) is 0 Å². The smallest absolute Gasteiger partial charge is 0.255 e. The molecule has 0 bridgehead atoms. The van der Waals surface area contributed by atoms with Crippen molar-refractivity contribution in [1.82, 2.24) is 14.8 Å². The first-order chi connectivity index (χ1) is 16.2. The summed E-state index contributed by atoms with van der Waals surface area (Å²) in [5.74, 6) is 1.12. The SMILES string of the molecule is O=C(Nc1cccc(Oc2ccc3cnn(C=Cc4ccccn4)c3c2)c1)c1ccccc1. The van der Waals surface area contributed by atoms with Gasteiger partial charge in [-0.2, -0.15) is 5.10 Å². The molecule has 2 heterocycles. The molecular formula is C27H20N4O2. The summed E-state index contributed by atoms with van der Waals surface area (Å²) in [7, 11) is 0. The second-order valence-corrected chi connectivity index (χ2v) is 7.33. The van der Waals surface area contributed by atoms with Crippen LogP contribution in [0.5, 0.6) is 11.5 Å². The molecule has 0 aliphatic heterocycles. The monoisotopic (exact) mass is 432 g/mol. The second kappa shape index (κ2) is 9.20. The molecule has 5 aromatic rings. The number of amides is 1. The number of hydrogen-bond acceptors (Lipinski definition) is 4. The third kappa shape index (κ3) is 4.80. The Labute approximate surface area is 190 Å². The largest absolute Gasteiger partial charge is 0.457 e. The van der Waals surface area contributed by atoms with Crippen LogP contribution in [0.4, 0.5) is 5.69 Å². The number of fused-ring (bicyclic) bond motifs is 1. The Balaban J connectivity index is 1.34. The molecule has 33 heavy (non-hydrogen) atoms. The van der Waals surface area contributed by atoms with Crippen LogP contribution < -0.4 is 10.1 Å². The third-order valence-electron chi connectivity index (χ3n) is 5.01. The molecule has 6 heteroatoms. The Kier molecular flexibility index (Phi) is 5.63. The van der Waals surface area contributed by atoms with Crippen LogP contribution in [0.15, 0.2) is 103 Å².